The maximum Gasteiger partial charge on any atom is 0.330 e. The van der Waals surface area contributed by atoms with Crippen LogP contribution in [-0.2, 0) is 20.7 Å². The Morgan fingerprint density at radius 3 is 2.29 bits per heavy atom. The predicted octanol–water partition coefficient (Wildman–Crippen LogP) is 5.61. The number of ether oxygens (including phenoxy) is 2. The van der Waals surface area contributed by atoms with E-state index < -0.39 is 5.97 Å². The second kappa shape index (κ2) is 10.8. The number of aryl methyl sites for hydroxylation is 1. The van der Waals surface area contributed by atoms with Gasteiger partial charge < -0.3 is 14.4 Å². The number of rotatable bonds is 9. The smallest absolute Gasteiger partial charge is 0.330 e. The molecule has 0 unspecified atom stereocenters. The molecular weight excluding hydrogens is 426 g/mol. The van der Waals surface area contributed by atoms with Crippen molar-refractivity contribution in [3.05, 3.63) is 102 Å². The van der Waals surface area contributed by atoms with Crippen LogP contribution >= 0.6 is 0 Å². The van der Waals surface area contributed by atoms with Crippen molar-refractivity contribution in [1.82, 2.24) is 0 Å². The van der Waals surface area contributed by atoms with Crippen molar-refractivity contribution >= 4 is 23.6 Å². The highest BCUT2D eigenvalue weighted by atomic mass is 16.5. The number of anilines is 1. The van der Waals surface area contributed by atoms with Gasteiger partial charge in [0, 0.05) is 11.8 Å². The average Bonchev–Trinajstić information content (AvgIpc) is 2.89. The molecule has 1 amide bonds. The van der Waals surface area contributed by atoms with E-state index in [4.69, 9.17) is 4.74 Å². The molecule has 1 fully saturated rings. The quantitative estimate of drug-likeness (QED) is 0.239. The van der Waals surface area contributed by atoms with Gasteiger partial charge in [-0.05, 0) is 66.3 Å². The molecule has 5 heteroatoms. The molecule has 0 aliphatic carbocycles. The average molecular weight is 456 g/mol. The number of β-lactam (4-membered cyclic amide) rings is 1. The Kier molecular flexibility index (Phi) is 7.43. The van der Waals surface area contributed by atoms with Gasteiger partial charge in [-0.1, -0.05) is 54.6 Å². The largest absolute Gasteiger partial charge is 0.497 e. The molecule has 1 saturated heterocycles. The Hall–Kier alpha value is -3.86. The summed E-state index contributed by atoms with van der Waals surface area (Å²) in [6.07, 6.45) is 5.86. The van der Waals surface area contributed by atoms with E-state index in [0.717, 1.165) is 41.8 Å². The summed E-state index contributed by atoms with van der Waals surface area (Å²) in [7, 11) is 2.99. The number of nitrogens with zero attached hydrogens (tertiary/aromatic N) is 1. The summed E-state index contributed by atoms with van der Waals surface area (Å²) in [5, 5.41) is 0. The van der Waals surface area contributed by atoms with Gasteiger partial charge in [-0.2, -0.15) is 0 Å². The van der Waals surface area contributed by atoms with Crippen molar-refractivity contribution in [2.75, 3.05) is 19.1 Å². The Labute approximate surface area is 200 Å². The van der Waals surface area contributed by atoms with Gasteiger partial charge in [0.05, 0.1) is 26.2 Å². The van der Waals surface area contributed by atoms with Crippen molar-refractivity contribution in [1.29, 1.82) is 0 Å². The maximum absolute atomic E-state index is 13.3. The third-order valence-electron chi connectivity index (χ3n) is 6.28. The van der Waals surface area contributed by atoms with Crippen LogP contribution in [0.3, 0.4) is 0 Å². The third-order valence-corrected chi connectivity index (χ3v) is 6.28. The molecule has 1 aliphatic heterocycles. The van der Waals surface area contributed by atoms with Gasteiger partial charge in [0.25, 0.3) is 0 Å². The van der Waals surface area contributed by atoms with Crippen molar-refractivity contribution < 1.29 is 19.1 Å². The van der Waals surface area contributed by atoms with Gasteiger partial charge in [-0.25, -0.2) is 4.79 Å². The maximum atomic E-state index is 13.3. The normalized spacial score (nSPS) is 17.5. The van der Waals surface area contributed by atoms with Crippen molar-refractivity contribution in [3.63, 3.8) is 0 Å². The highest BCUT2D eigenvalue weighted by Gasteiger charge is 2.48. The van der Waals surface area contributed by atoms with Crippen LogP contribution in [0.4, 0.5) is 5.69 Å². The van der Waals surface area contributed by atoms with Gasteiger partial charge in [-0.15, -0.1) is 0 Å². The van der Waals surface area contributed by atoms with E-state index in [1.807, 2.05) is 71.6 Å². The standard InChI is InChI=1S/C29H29NO4/c1-33-25-18-16-24(17-19-25)30-28(23-14-11-22(12-15-23)13-20-27(31)34-2)26(29(30)32)10-6-9-21-7-4-3-5-8-21/h3-5,7-8,11-20,26,28H,6,9-10H2,1-2H3/t26-,28-/m1/s1. The summed E-state index contributed by atoms with van der Waals surface area (Å²) in [5.74, 6) is 0.451. The molecule has 1 heterocycles. The minimum atomic E-state index is -0.391. The second-order valence-corrected chi connectivity index (χ2v) is 8.36. The van der Waals surface area contributed by atoms with Crippen LogP contribution in [0.25, 0.3) is 6.08 Å². The first kappa shape index (κ1) is 23.3. The summed E-state index contributed by atoms with van der Waals surface area (Å²) in [4.78, 5) is 26.5. The molecule has 34 heavy (non-hydrogen) atoms. The molecule has 0 saturated carbocycles. The zero-order chi connectivity index (χ0) is 23.9. The third kappa shape index (κ3) is 5.20. The van der Waals surface area contributed by atoms with Crippen LogP contribution in [0.2, 0.25) is 0 Å². The molecular formula is C29H29NO4. The summed E-state index contributed by atoms with van der Waals surface area (Å²) in [6.45, 7) is 0. The van der Waals surface area contributed by atoms with Crippen LogP contribution < -0.4 is 9.64 Å². The lowest BCUT2D eigenvalue weighted by molar-refractivity contribution is -0.134. The Balaban J connectivity index is 1.54. The monoisotopic (exact) mass is 455 g/mol. The van der Waals surface area contributed by atoms with Crippen LogP contribution in [0, 0.1) is 5.92 Å². The molecule has 4 rings (SSSR count). The second-order valence-electron chi connectivity index (χ2n) is 8.36. The number of methoxy groups -OCH3 is 2. The van der Waals surface area contributed by atoms with E-state index >= 15 is 0 Å². The van der Waals surface area contributed by atoms with Gasteiger partial charge in [0.15, 0.2) is 0 Å². The fourth-order valence-electron chi connectivity index (χ4n) is 4.45. The first-order valence-electron chi connectivity index (χ1n) is 11.5. The first-order valence-corrected chi connectivity index (χ1v) is 11.5. The summed E-state index contributed by atoms with van der Waals surface area (Å²) in [6, 6.07) is 26.0. The molecule has 0 aromatic heterocycles. The summed E-state index contributed by atoms with van der Waals surface area (Å²) in [5.41, 5.74) is 4.14. The SMILES string of the molecule is COC(=O)C=Cc1ccc([C@@H]2[C@@H](CCCc3ccccc3)C(=O)N2c2ccc(OC)cc2)cc1. The molecule has 0 radical (unpaired) electrons. The van der Waals surface area contributed by atoms with E-state index in [-0.39, 0.29) is 17.9 Å². The van der Waals surface area contributed by atoms with E-state index in [1.54, 1.807) is 13.2 Å². The molecule has 1 aliphatic rings. The van der Waals surface area contributed by atoms with Crippen molar-refractivity contribution in [2.45, 2.75) is 25.3 Å². The topological polar surface area (TPSA) is 55.8 Å². The number of hydrogen-bond acceptors (Lipinski definition) is 4. The highest BCUT2D eigenvalue weighted by Crippen LogP contribution is 2.46. The van der Waals surface area contributed by atoms with Crippen LogP contribution in [0.5, 0.6) is 5.75 Å². The fourth-order valence-corrected chi connectivity index (χ4v) is 4.45. The zero-order valence-corrected chi connectivity index (χ0v) is 19.5. The number of amides is 1. The van der Waals surface area contributed by atoms with E-state index in [1.165, 1.54) is 18.7 Å². The number of carbonyl (C=O) groups excluding carboxylic acids is 2. The molecule has 3 aromatic carbocycles. The van der Waals surface area contributed by atoms with Crippen LogP contribution in [-0.4, -0.2) is 26.1 Å². The van der Waals surface area contributed by atoms with Crippen molar-refractivity contribution in [3.8, 4) is 5.75 Å². The molecule has 0 N–H and O–H groups in total. The lowest BCUT2D eigenvalue weighted by Crippen LogP contribution is -2.55. The molecule has 3 aromatic rings. The lowest BCUT2D eigenvalue weighted by Gasteiger charge is -2.47. The fraction of sp³-hybridized carbons (Fsp3) is 0.241. The number of hydrogen-bond donors (Lipinski definition) is 0. The minimum absolute atomic E-state index is 0.0321. The Morgan fingerprint density at radius 2 is 1.65 bits per heavy atom. The minimum Gasteiger partial charge on any atom is -0.497 e. The number of benzene rings is 3. The van der Waals surface area contributed by atoms with Gasteiger partial charge in [0.2, 0.25) is 5.91 Å². The van der Waals surface area contributed by atoms with E-state index in [2.05, 4.69) is 16.9 Å². The number of carbonyl (C=O) groups is 2. The van der Waals surface area contributed by atoms with Crippen molar-refractivity contribution in [2.24, 2.45) is 5.92 Å². The molecule has 174 valence electrons. The van der Waals surface area contributed by atoms with Crippen LogP contribution in [0.15, 0.2) is 84.9 Å². The molecule has 0 bridgehead atoms. The van der Waals surface area contributed by atoms with Gasteiger partial charge in [-0.3, -0.25) is 4.79 Å². The Bertz CT molecular complexity index is 1140. The Morgan fingerprint density at radius 1 is 0.941 bits per heavy atom. The molecule has 2 atom stereocenters. The highest BCUT2D eigenvalue weighted by molar-refractivity contribution is 6.03. The number of esters is 1. The van der Waals surface area contributed by atoms with Gasteiger partial charge in [0.1, 0.15) is 5.75 Å². The van der Waals surface area contributed by atoms with Crippen LogP contribution in [0.1, 0.15) is 35.6 Å². The molecule has 5 nitrogen and oxygen atoms in total. The summed E-state index contributed by atoms with van der Waals surface area (Å²) < 4.78 is 9.93. The van der Waals surface area contributed by atoms with Gasteiger partial charge >= 0.3 is 5.97 Å². The first-order chi connectivity index (χ1) is 16.6. The lowest BCUT2D eigenvalue weighted by atomic mass is 9.78. The summed E-state index contributed by atoms with van der Waals surface area (Å²) >= 11 is 0. The van der Waals surface area contributed by atoms with E-state index in [0.29, 0.717) is 0 Å². The molecule has 0 spiro atoms. The zero-order valence-electron chi connectivity index (χ0n) is 19.5. The van der Waals surface area contributed by atoms with E-state index in [9.17, 15) is 9.59 Å². The predicted molar refractivity (Wildman–Crippen MR) is 134 cm³/mol.